The van der Waals surface area contributed by atoms with Gasteiger partial charge in [0.2, 0.25) is 5.91 Å². The molecule has 3 aliphatic heterocycles. The number of fused-ring (bicyclic) bond motifs is 1. The minimum absolute atomic E-state index is 0.0203. The van der Waals surface area contributed by atoms with Gasteiger partial charge in [-0.05, 0) is 19.9 Å². The average molecular weight is 714 g/mol. The molecule has 1 saturated carbocycles. The molecule has 0 aromatic rings. The molecule has 0 spiro atoms. The van der Waals surface area contributed by atoms with Crippen molar-refractivity contribution in [3.63, 3.8) is 0 Å². The highest BCUT2D eigenvalue weighted by atomic mass is 16.8. The van der Waals surface area contributed by atoms with Crippen LogP contribution in [0.2, 0.25) is 0 Å². The lowest BCUT2D eigenvalue weighted by molar-refractivity contribution is -0.373. The predicted molar refractivity (Wildman–Crippen MR) is 161 cm³/mol. The van der Waals surface area contributed by atoms with Crippen LogP contribution in [0.15, 0.2) is 0 Å². The molecule has 0 unspecified atom stereocenters. The van der Waals surface area contributed by atoms with Crippen molar-refractivity contribution < 1.29 is 74.1 Å². The van der Waals surface area contributed by atoms with Crippen molar-refractivity contribution in [2.45, 2.75) is 129 Å². The molecule has 22 nitrogen and oxygen atoms in total. The first-order valence-electron chi connectivity index (χ1n) is 16.0. The number of rotatable bonds is 12. The van der Waals surface area contributed by atoms with Crippen LogP contribution in [0.4, 0.5) is 0 Å². The molecule has 2 amide bonds. The fourth-order valence-corrected chi connectivity index (χ4v) is 6.47. The lowest BCUT2D eigenvalue weighted by atomic mass is 9.83. The van der Waals surface area contributed by atoms with Crippen LogP contribution in [0.1, 0.15) is 12.8 Å². The second kappa shape index (κ2) is 17.2. The number of hydrogen-bond acceptors (Lipinski definition) is 20. The molecule has 0 aromatic carbocycles. The van der Waals surface area contributed by atoms with E-state index in [-0.39, 0.29) is 19.4 Å². The fraction of sp³-hybridized carbons (Fsp3) is 0.926. The minimum atomic E-state index is -1.79. The van der Waals surface area contributed by atoms with Crippen molar-refractivity contribution in [3.05, 3.63) is 0 Å². The van der Waals surface area contributed by atoms with Gasteiger partial charge in [0.15, 0.2) is 18.9 Å². The van der Waals surface area contributed by atoms with Gasteiger partial charge in [-0.2, -0.15) is 0 Å². The van der Waals surface area contributed by atoms with E-state index in [0.717, 1.165) is 0 Å². The van der Waals surface area contributed by atoms with Gasteiger partial charge in [-0.25, -0.2) is 0 Å². The lowest BCUT2D eigenvalue weighted by Crippen LogP contribution is -2.70. The average Bonchev–Trinajstić information content (AvgIpc) is 3.08. The molecular weight excluding hydrogens is 662 g/mol. The van der Waals surface area contributed by atoms with Crippen LogP contribution in [0.25, 0.3) is 0 Å². The first kappa shape index (κ1) is 40.0. The maximum Gasteiger partial charge on any atom is 0.250 e. The van der Waals surface area contributed by atoms with Gasteiger partial charge in [-0.1, -0.05) is 0 Å². The van der Waals surface area contributed by atoms with Crippen molar-refractivity contribution in [1.82, 2.24) is 16.0 Å². The summed E-state index contributed by atoms with van der Waals surface area (Å²) in [6.07, 6.45) is -19.8. The van der Waals surface area contributed by atoms with Crippen LogP contribution in [0.3, 0.4) is 0 Å². The second-order valence-corrected chi connectivity index (χ2v) is 12.7. The van der Waals surface area contributed by atoms with Crippen LogP contribution in [0, 0.1) is 0 Å². The highest BCUT2D eigenvalue weighted by molar-refractivity contribution is 5.81. The Morgan fingerprint density at radius 2 is 1.39 bits per heavy atom. The summed E-state index contributed by atoms with van der Waals surface area (Å²) in [5, 5.41) is 91.2. The van der Waals surface area contributed by atoms with Gasteiger partial charge in [0.25, 0.3) is 5.91 Å². The number of carbonyl (C=O) groups excluding carboxylic acids is 2. The van der Waals surface area contributed by atoms with Crippen LogP contribution >= 0.6 is 0 Å². The first-order valence-corrected chi connectivity index (χ1v) is 16.0. The molecule has 49 heavy (non-hydrogen) atoms. The van der Waals surface area contributed by atoms with Crippen molar-refractivity contribution in [3.8, 4) is 0 Å². The van der Waals surface area contributed by atoms with E-state index in [1.807, 2.05) is 0 Å². The number of amides is 2. The summed E-state index contributed by atoms with van der Waals surface area (Å²) in [6, 6.07) is -5.24. The third-order valence-corrected chi connectivity index (χ3v) is 9.33. The lowest BCUT2D eigenvalue weighted by Gasteiger charge is -2.51. The van der Waals surface area contributed by atoms with Crippen molar-refractivity contribution in [1.29, 1.82) is 0 Å². The van der Waals surface area contributed by atoms with E-state index < -0.39 is 141 Å². The Bertz CT molecular complexity index is 1100. The molecule has 3 saturated heterocycles. The molecule has 22 heteroatoms. The number of ether oxygens (including phenoxy) is 5. The number of carbonyl (C=O) groups is 2. The Hall–Kier alpha value is -1.78. The monoisotopic (exact) mass is 713 g/mol. The highest BCUT2D eigenvalue weighted by Gasteiger charge is 2.55. The van der Waals surface area contributed by atoms with E-state index in [1.165, 1.54) is 7.05 Å². The molecule has 4 aliphatic rings. The second-order valence-electron chi connectivity index (χ2n) is 12.7. The van der Waals surface area contributed by atoms with E-state index in [9.17, 15) is 50.4 Å². The van der Waals surface area contributed by atoms with E-state index in [0.29, 0.717) is 0 Å². The molecule has 1 aliphatic carbocycles. The van der Waals surface area contributed by atoms with Gasteiger partial charge >= 0.3 is 0 Å². The number of nitrogens with one attached hydrogen (secondary N) is 3. The van der Waals surface area contributed by atoms with E-state index in [1.54, 1.807) is 0 Å². The van der Waals surface area contributed by atoms with Crippen LogP contribution < -0.4 is 38.9 Å². The van der Waals surface area contributed by atoms with Crippen molar-refractivity contribution >= 4 is 11.8 Å². The van der Waals surface area contributed by atoms with Crippen molar-refractivity contribution in [2.24, 2.45) is 22.9 Å². The Morgan fingerprint density at radius 1 is 0.755 bits per heavy atom. The number of aliphatic hydroxyl groups excluding tert-OH is 8. The smallest absolute Gasteiger partial charge is 0.250 e. The summed E-state index contributed by atoms with van der Waals surface area (Å²) in [5.41, 5.74) is 23.2. The van der Waals surface area contributed by atoms with Crippen molar-refractivity contribution in [2.75, 3.05) is 26.7 Å². The summed E-state index contributed by atoms with van der Waals surface area (Å²) in [4.78, 5) is 24.2. The SMILES string of the molecule is CN[C@@H]1[C@@H](O[C@H]2O[C@H](CO)[C@@H](NC(=O)[C@@H](O)CN)[C@H](O)[C@H]2O)O[C@H]2C[C@@H](N)[C@@H](O[C@H]3[C@H](O)[C@@H](O)[C@H](NC(=O)[C@@H](O)CN)C[C@@H]3N)O[C@@H]2[C@@H]1O. The van der Waals surface area contributed by atoms with E-state index in [2.05, 4.69) is 16.0 Å². The fourth-order valence-electron chi connectivity index (χ4n) is 6.47. The van der Waals surface area contributed by atoms with Crippen LogP contribution in [-0.2, 0) is 33.3 Å². The quantitative estimate of drug-likeness (QED) is 0.0892. The van der Waals surface area contributed by atoms with E-state index >= 15 is 0 Å². The molecule has 4 rings (SSSR count). The van der Waals surface area contributed by atoms with Gasteiger partial charge in [-0.3, -0.25) is 9.59 Å². The number of aliphatic hydroxyl groups is 8. The van der Waals surface area contributed by atoms with Gasteiger partial charge in [-0.15, -0.1) is 0 Å². The molecule has 284 valence electrons. The summed E-state index contributed by atoms with van der Waals surface area (Å²) >= 11 is 0. The zero-order valence-electron chi connectivity index (χ0n) is 26.8. The Morgan fingerprint density at radius 3 is 1.98 bits per heavy atom. The third-order valence-electron chi connectivity index (χ3n) is 9.33. The van der Waals surface area contributed by atoms with Gasteiger partial charge in [0.1, 0.15) is 61.0 Å². The van der Waals surface area contributed by atoms with Gasteiger partial charge in [0, 0.05) is 19.1 Å². The summed E-state index contributed by atoms with van der Waals surface area (Å²) in [6.45, 7) is -1.49. The summed E-state index contributed by atoms with van der Waals surface area (Å²) < 4.78 is 29.5. The van der Waals surface area contributed by atoms with Crippen LogP contribution in [-0.4, -0.2) is 196 Å². The Kier molecular flexibility index (Phi) is 14.0. The van der Waals surface area contributed by atoms with Gasteiger partial charge in [0.05, 0.1) is 36.9 Å². The topological polar surface area (TPSA) is 382 Å². The van der Waals surface area contributed by atoms with Crippen LogP contribution in [0.5, 0.6) is 0 Å². The third kappa shape index (κ3) is 8.65. The Balaban J connectivity index is 1.39. The zero-order chi connectivity index (χ0) is 36.3. The Labute approximate surface area is 280 Å². The molecule has 0 aromatic heterocycles. The van der Waals surface area contributed by atoms with E-state index in [4.69, 9.17) is 46.6 Å². The molecule has 19 N–H and O–H groups in total. The number of likely N-dealkylation sites (N-methyl/N-ethyl adjacent to an activating group) is 1. The minimum Gasteiger partial charge on any atom is -0.394 e. The normalized spacial score (nSPS) is 45.5. The standard InChI is InChI=1S/C27H51N7O15/c1-32-15-18(40)22-12(45-26(15)49-27-20(42)17(39)14(13(6-35)46-27)34-24(44)11(37)5-29)3-8(31)25(48-22)47-21-7(30)2-9(16(38)19(21)41)33-23(43)10(36)4-28/h7-22,25-27,32,35-42H,2-6,28-31H2,1H3,(H,33,43)(H,34,44)/t7-,8+,9+,10-,11-,12-,13+,14+,15-,16-,17-,18+,19+,20+,21+,22-,25-,26+,27+/m0/s1. The number of hydrogen-bond donors (Lipinski definition) is 15. The molecule has 4 fully saturated rings. The molecule has 3 heterocycles. The molecule has 0 bridgehead atoms. The zero-order valence-corrected chi connectivity index (χ0v) is 26.8. The van der Waals surface area contributed by atoms with Gasteiger partial charge < -0.3 is 103 Å². The highest BCUT2D eigenvalue weighted by Crippen LogP contribution is 2.35. The number of nitrogens with two attached hydrogens (primary N) is 4. The predicted octanol–water partition coefficient (Wildman–Crippen LogP) is -10.00. The summed E-state index contributed by atoms with van der Waals surface area (Å²) in [5.74, 6) is -1.80. The molecule has 0 radical (unpaired) electrons. The molecular formula is C27H51N7O15. The largest absolute Gasteiger partial charge is 0.394 e. The summed E-state index contributed by atoms with van der Waals surface area (Å²) in [7, 11) is 1.48. The maximum atomic E-state index is 12.1. The first-order chi connectivity index (χ1) is 23.2. The molecule has 19 atom stereocenters. The maximum absolute atomic E-state index is 12.1.